The van der Waals surface area contributed by atoms with Gasteiger partial charge in [-0.1, -0.05) is 35.3 Å². The number of nitrogens with zero attached hydrogens (tertiary/aromatic N) is 1. The summed E-state index contributed by atoms with van der Waals surface area (Å²) < 4.78 is 46.1. The molecule has 0 atom stereocenters. The molecule has 1 heterocycles. The number of benzene rings is 3. The maximum absolute atomic E-state index is 13.5. The Bertz CT molecular complexity index is 1410. The van der Waals surface area contributed by atoms with E-state index in [2.05, 4.69) is 5.32 Å². The molecule has 0 spiro atoms. The zero-order chi connectivity index (χ0) is 26.7. The van der Waals surface area contributed by atoms with Crippen molar-refractivity contribution in [2.75, 3.05) is 16.8 Å². The number of halogens is 5. The molecule has 1 aliphatic heterocycles. The van der Waals surface area contributed by atoms with Gasteiger partial charge in [0, 0.05) is 21.3 Å². The van der Waals surface area contributed by atoms with Gasteiger partial charge < -0.3 is 10.1 Å². The van der Waals surface area contributed by atoms with Crippen LogP contribution in [0.4, 0.5) is 24.5 Å². The van der Waals surface area contributed by atoms with E-state index in [0.29, 0.717) is 38.0 Å². The average molecular weight is 566 g/mol. The van der Waals surface area contributed by atoms with Crippen molar-refractivity contribution in [2.45, 2.75) is 6.18 Å². The van der Waals surface area contributed by atoms with Crippen molar-refractivity contribution in [1.29, 1.82) is 5.41 Å². The Hall–Kier alpha value is -3.47. The summed E-state index contributed by atoms with van der Waals surface area (Å²) in [6.45, 7) is -0.373. The maximum atomic E-state index is 13.5. The van der Waals surface area contributed by atoms with Crippen molar-refractivity contribution in [3.63, 3.8) is 0 Å². The molecule has 190 valence electrons. The summed E-state index contributed by atoms with van der Waals surface area (Å²) in [7, 11) is 0. The molecule has 2 amide bonds. The molecule has 0 aliphatic carbocycles. The van der Waals surface area contributed by atoms with Crippen LogP contribution in [0.1, 0.15) is 11.1 Å². The molecule has 0 radical (unpaired) electrons. The monoisotopic (exact) mass is 565 g/mol. The SMILES string of the molecule is N=C1S/C(=C\c2cc(Cl)ccc2OCC(=O)Nc2ccc(Cl)cc2)C(=O)N1c1ccccc1C(F)(F)F. The quantitative estimate of drug-likeness (QED) is 0.313. The van der Waals surface area contributed by atoms with Gasteiger partial charge in [0.1, 0.15) is 5.75 Å². The molecule has 1 aliphatic rings. The number of hydrogen-bond donors (Lipinski definition) is 2. The van der Waals surface area contributed by atoms with E-state index in [1.54, 1.807) is 24.3 Å². The molecular weight excluding hydrogens is 550 g/mol. The Morgan fingerprint density at radius 3 is 2.43 bits per heavy atom. The highest BCUT2D eigenvalue weighted by Crippen LogP contribution is 2.42. The van der Waals surface area contributed by atoms with Crippen LogP contribution < -0.4 is 15.0 Å². The Kier molecular flexibility index (Phi) is 7.82. The number of nitrogens with one attached hydrogen (secondary N) is 2. The molecule has 3 aromatic carbocycles. The average Bonchev–Trinajstić information content (AvgIpc) is 3.12. The highest BCUT2D eigenvalue weighted by molar-refractivity contribution is 8.19. The molecule has 0 saturated carbocycles. The first-order valence-corrected chi connectivity index (χ1v) is 12.1. The number of para-hydroxylation sites is 1. The van der Waals surface area contributed by atoms with Gasteiger partial charge in [0.25, 0.3) is 11.8 Å². The van der Waals surface area contributed by atoms with E-state index in [-0.39, 0.29) is 22.4 Å². The first-order chi connectivity index (χ1) is 17.5. The Labute approximate surface area is 223 Å². The Morgan fingerprint density at radius 1 is 1.05 bits per heavy atom. The largest absolute Gasteiger partial charge is 0.483 e. The number of thioether (sulfide) groups is 1. The number of anilines is 2. The van der Waals surface area contributed by atoms with Gasteiger partial charge >= 0.3 is 6.18 Å². The van der Waals surface area contributed by atoms with Crippen molar-refractivity contribution < 1.29 is 27.5 Å². The van der Waals surface area contributed by atoms with Crippen LogP contribution in [0.15, 0.2) is 71.6 Å². The van der Waals surface area contributed by atoms with Crippen molar-refractivity contribution in [2.24, 2.45) is 0 Å². The van der Waals surface area contributed by atoms with Gasteiger partial charge in [0.05, 0.1) is 16.2 Å². The number of hydrogen-bond acceptors (Lipinski definition) is 5. The van der Waals surface area contributed by atoms with Gasteiger partial charge in [0.15, 0.2) is 11.8 Å². The predicted octanol–water partition coefficient (Wildman–Crippen LogP) is 7.09. The summed E-state index contributed by atoms with van der Waals surface area (Å²) in [6, 6.07) is 15.5. The fourth-order valence-corrected chi connectivity index (χ4v) is 4.54. The Balaban J connectivity index is 1.56. The van der Waals surface area contributed by atoms with Gasteiger partial charge in [-0.05, 0) is 72.4 Å². The number of carbonyl (C=O) groups excluding carboxylic acids is 2. The number of alkyl halides is 3. The maximum Gasteiger partial charge on any atom is 0.418 e. The van der Waals surface area contributed by atoms with Crippen LogP contribution in [0.25, 0.3) is 6.08 Å². The fourth-order valence-electron chi connectivity index (χ4n) is 3.39. The molecule has 0 unspecified atom stereocenters. The molecule has 0 bridgehead atoms. The number of amides is 2. The zero-order valence-electron chi connectivity index (χ0n) is 18.6. The van der Waals surface area contributed by atoms with E-state index in [1.807, 2.05) is 0 Å². The second-order valence-electron chi connectivity index (χ2n) is 7.60. The van der Waals surface area contributed by atoms with E-state index in [4.69, 9.17) is 33.3 Å². The molecule has 37 heavy (non-hydrogen) atoms. The topological polar surface area (TPSA) is 82.5 Å². The molecule has 1 fully saturated rings. The minimum atomic E-state index is -4.71. The lowest BCUT2D eigenvalue weighted by atomic mass is 10.1. The normalized spacial score (nSPS) is 14.8. The summed E-state index contributed by atoms with van der Waals surface area (Å²) in [6.07, 6.45) is -3.36. The molecule has 0 aromatic heterocycles. The molecular formula is C25H16Cl2F3N3O3S. The third kappa shape index (κ3) is 6.27. The van der Waals surface area contributed by atoms with Gasteiger partial charge in [-0.3, -0.25) is 19.9 Å². The summed E-state index contributed by atoms with van der Waals surface area (Å²) in [4.78, 5) is 26.1. The van der Waals surface area contributed by atoms with Gasteiger partial charge in [-0.15, -0.1) is 0 Å². The van der Waals surface area contributed by atoms with Crippen molar-refractivity contribution in [3.8, 4) is 5.75 Å². The van der Waals surface area contributed by atoms with Crippen LogP contribution in [0, 0.1) is 5.41 Å². The highest BCUT2D eigenvalue weighted by Gasteiger charge is 2.40. The van der Waals surface area contributed by atoms with Crippen LogP contribution in [0.2, 0.25) is 10.0 Å². The van der Waals surface area contributed by atoms with E-state index in [9.17, 15) is 22.8 Å². The van der Waals surface area contributed by atoms with E-state index >= 15 is 0 Å². The molecule has 1 saturated heterocycles. The number of carbonyl (C=O) groups is 2. The molecule has 4 rings (SSSR count). The minimum Gasteiger partial charge on any atom is -0.483 e. The molecule has 2 N–H and O–H groups in total. The Morgan fingerprint density at radius 2 is 1.73 bits per heavy atom. The number of amidine groups is 1. The van der Waals surface area contributed by atoms with Crippen LogP contribution in [0.5, 0.6) is 5.75 Å². The van der Waals surface area contributed by atoms with E-state index < -0.39 is 29.2 Å². The summed E-state index contributed by atoms with van der Waals surface area (Å²) in [5.41, 5.74) is -0.653. The van der Waals surface area contributed by atoms with Crippen molar-refractivity contribution >= 4 is 69.4 Å². The molecule has 6 nitrogen and oxygen atoms in total. The fraction of sp³-hybridized carbons (Fsp3) is 0.0800. The number of ether oxygens (including phenoxy) is 1. The second-order valence-corrected chi connectivity index (χ2v) is 9.50. The third-order valence-electron chi connectivity index (χ3n) is 5.02. The van der Waals surface area contributed by atoms with Crippen LogP contribution in [-0.2, 0) is 15.8 Å². The summed E-state index contributed by atoms with van der Waals surface area (Å²) >= 11 is 12.6. The van der Waals surface area contributed by atoms with Crippen LogP contribution in [-0.4, -0.2) is 23.6 Å². The van der Waals surface area contributed by atoms with E-state index in [0.717, 1.165) is 12.1 Å². The standard InChI is InChI=1S/C25H16Cl2F3N3O3S/c26-15-5-8-17(9-6-15)32-22(34)13-36-20-10-7-16(27)11-14(20)12-21-23(35)33(24(31)37-21)19-4-2-1-3-18(19)25(28,29)30/h1-12,31H,13H2,(H,32,34)/b21-12-,31-24?. The third-order valence-corrected chi connectivity index (χ3v) is 6.39. The van der Waals surface area contributed by atoms with Gasteiger partial charge in [-0.2, -0.15) is 13.2 Å². The smallest absolute Gasteiger partial charge is 0.418 e. The lowest BCUT2D eigenvalue weighted by Crippen LogP contribution is -2.30. The van der Waals surface area contributed by atoms with Gasteiger partial charge in [-0.25, -0.2) is 0 Å². The zero-order valence-corrected chi connectivity index (χ0v) is 20.9. The summed E-state index contributed by atoms with van der Waals surface area (Å²) in [5, 5.41) is 11.2. The summed E-state index contributed by atoms with van der Waals surface area (Å²) in [5.74, 6) is -1.06. The highest BCUT2D eigenvalue weighted by atomic mass is 35.5. The predicted molar refractivity (Wildman–Crippen MR) is 139 cm³/mol. The van der Waals surface area contributed by atoms with Gasteiger partial charge in [0.2, 0.25) is 0 Å². The lowest BCUT2D eigenvalue weighted by Gasteiger charge is -2.19. The van der Waals surface area contributed by atoms with E-state index in [1.165, 1.54) is 36.4 Å². The first kappa shape index (κ1) is 26.6. The number of rotatable bonds is 6. The lowest BCUT2D eigenvalue weighted by molar-refractivity contribution is -0.137. The first-order valence-electron chi connectivity index (χ1n) is 10.5. The molecule has 12 heteroatoms. The van der Waals surface area contributed by atoms with Crippen molar-refractivity contribution in [3.05, 3.63) is 92.8 Å². The van der Waals surface area contributed by atoms with Crippen molar-refractivity contribution in [1.82, 2.24) is 0 Å². The van der Waals surface area contributed by atoms with Crippen LogP contribution in [0.3, 0.4) is 0 Å². The van der Waals surface area contributed by atoms with Crippen LogP contribution >= 0.6 is 35.0 Å². The molecule has 3 aromatic rings. The minimum absolute atomic E-state index is 0.0142. The second kappa shape index (κ2) is 10.9.